The largest absolute Gasteiger partial charge is 0.313 e. The lowest BCUT2D eigenvalue weighted by molar-refractivity contribution is 0.786. The van der Waals surface area contributed by atoms with Crippen molar-refractivity contribution < 1.29 is 0 Å². The van der Waals surface area contributed by atoms with E-state index in [0.29, 0.717) is 0 Å². The van der Waals surface area contributed by atoms with Gasteiger partial charge in [0.05, 0.1) is 17.1 Å². The van der Waals surface area contributed by atoms with Crippen molar-refractivity contribution in [3.8, 4) is 78.5 Å². The molecule has 14 aromatic rings. The van der Waals surface area contributed by atoms with Gasteiger partial charge in [-0.25, -0.2) is 0 Å². The summed E-state index contributed by atoms with van der Waals surface area (Å²) in [7, 11) is 0. The number of benzene rings is 12. The molecule has 2 heterocycles. The Morgan fingerprint density at radius 2 is 0.782 bits per heavy atom. The number of aromatic nitrogens is 2. The van der Waals surface area contributed by atoms with Gasteiger partial charge < -0.3 is 9.13 Å². The van der Waals surface area contributed by atoms with Gasteiger partial charge in [-0.3, -0.25) is 0 Å². The van der Waals surface area contributed by atoms with Crippen LogP contribution in [0, 0.1) is 0 Å². The molecule has 1 unspecified atom stereocenters. The fourth-order valence-electron chi connectivity index (χ4n) is 12.6. The summed E-state index contributed by atoms with van der Waals surface area (Å²) in [6.45, 7) is 0. The fraction of sp³-hybridized carbons (Fsp3) is 0.0263. The van der Waals surface area contributed by atoms with Crippen LogP contribution in [0.4, 0.5) is 0 Å². The van der Waals surface area contributed by atoms with E-state index in [1.54, 1.807) is 0 Å². The second-order valence-corrected chi connectivity index (χ2v) is 20.7. The van der Waals surface area contributed by atoms with Crippen molar-refractivity contribution >= 4 is 53.9 Å². The fourth-order valence-corrected chi connectivity index (χ4v) is 12.6. The van der Waals surface area contributed by atoms with Crippen LogP contribution in [0.1, 0.15) is 18.0 Å². The summed E-state index contributed by atoms with van der Waals surface area (Å²) in [4.78, 5) is 0. The summed E-state index contributed by atoms with van der Waals surface area (Å²) in [6, 6.07) is 101. The number of allylic oxidation sites excluding steroid dienone is 4. The van der Waals surface area contributed by atoms with Crippen LogP contribution in [0.3, 0.4) is 0 Å². The first-order chi connectivity index (χ1) is 38.7. The lowest BCUT2D eigenvalue weighted by atomic mass is 9.84. The number of fused-ring (bicyclic) bond motifs is 6. The molecule has 0 bridgehead atoms. The third-order valence-electron chi connectivity index (χ3n) is 16.3. The number of rotatable bonds is 9. The van der Waals surface area contributed by atoms with Crippen LogP contribution >= 0.6 is 0 Å². The normalized spacial score (nSPS) is 13.4. The first kappa shape index (κ1) is 45.4. The Kier molecular flexibility index (Phi) is 11.0. The molecule has 2 nitrogen and oxygen atoms in total. The molecule has 0 spiro atoms. The molecular weight excluding hydrogens is 941 g/mol. The molecule has 1 aliphatic carbocycles. The smallest absolute Gasteiger partial charge is 0.0535 e. The maximum Gasteiger partial charge on any atom is 0.0535 e. The number of hydrogen-bond donors (Lipinski definition) is 0. The van der Waals surface area contributed by atoms with Gasteiger partial charge in [-0.15, -0.1) is 0 Å². The van der Waals surface area contributed by atoms with Crippen molar-refractivity contribution in [3.63, 3.8) is 0 Å². The SMILES string of the molecule is C1=CCC(c2ccc(-c3ccccc3)n2-c2ccc3c(-c4ccc(-c5cc6ccccc6c6ccccc56)cc4)c4cc(-n5c(-c6ccccc6)ccc5-c5ccccc5)ccc4c(-c4ccc5ccccc5c4)c3c2)C=C1. The number of nitrogens with zero attached hydrogens (tertiary/aromatic N) is 2. The topological polar surface area (TPSA) is 9.86 Å². The Hall–Kier alpha value is -10.0. The van der Waals surface area contributed by atoms with Gasteiger partial charge in [0.15, 0.2) is 0 Å². The second-order valence-electron chi connectivity index (χ2n) is 20.7. The van der Waals surface area contributed by atoms with Crippen molar-refractivity contribution in [3.05, 3.63) is 303 Å². The van der Waals surface area contributed by atoms with Crippen LogP contribution in [-0.4, -0.2) is 9.13 Å². The maximum absolute atomic E-state index is 2.52. The van der Waals surface area contributed by atoms with Crippen LogP contribution in [-0.2, 0) is 0 Å². The molecule has 2 heteroatoms. The quantitative estimate of drug-likeness (QED) is 0.101. The van der Waals surface area contributed by atoms with Gasteiger partial charge in [0.25, 0.3) is 0 Å². The van der Waals surface area contributed by atoms with E-state index < -0.39 is 0 Å². The zero-order valence-corrected chi connectivity index (χ0v) is 43.0. The van der Waals surface area contributed by atoms with E-state index >= 15 is 0 Å². The summed E-state index contributed by atoms with van der Waals surface area (Å²) in [5.74, 6) is 0.238. The van der Waals surface area contributed by atoms with Crippen molar-refractivity contribution in [2.45, 2.75) is 12.3 Å². The molecule has 0 saturated carbocycles. The molecule has 12 aromatic carbocycles. The Bertz CT molecular complexity index is 4610. The highest BCUT2D eigenvalue weighted by Gasteiger charge is 2.24. The van der Waals surface area contributed by atoms with E-state index in [4.69, 9.17) is 0 Å². The van der Waals surface area contributed by atoms with Gasteiger partial charge in [0.1, 0.15) is 0 Å². The van der Waals surface area contributed by atoms with Crippen molar-refractivity contribution in [2.75, 3.05) is 0 Å². The van der Waals surface area contributed by atoms with Gasteiger partial charge in [0, 0.05) is 23.0 Å². The van der Waals surface area contributed by atoms with E-state index in [-0.39, 0.29) is 5.92 Å². The highest BCUT2D eigenvalue weighted by Crippen LogP contribution is 2.48. The average molecular weight is 993 g/mol. The predicted molar refractivity (Wildman–Crippen MR) is 331 cm³/mol. The Morgan fingerprint density at radius 3 is 1.41 bits per heavy atom. The maximum atomic E-state index is 2.52. The minimum Gasteiger partial charge on any atom is -0.313 e. The minimum atomic E-state index is 0.238. The van der Waals surface area contributed by atoms with E-state index in [1.165, 1.54) is 115 Å². The zero-order chi connectivity index (χ0) is 51.5. The van der Waals surface area contributed by atoms with Crippen LogP contribution in [0.5, 0.6) is 0 Å². The average Bonchev–Trinajstić information content (AvgIpc) is 4.29. The van der Waals surface area contributed by atoms with Gasteiger partial charge >= 0.3 is 0 Å². The van der Waals surface area contributed by atoms with E-state index in [0.717, 1.165) is 29.2 Å². The predicted octanol–water partition coefficient (Wildman–Crippen LogP) is 20.6. The van der Waals surface area contributed by atoms with Gasteiger partial charge in [-0.2, -0.15) is 0 Å². The van der Waals surface area contributed by atoms with Crippen LogP contribution in [0.2, 0.25) is 0 Å². The van der Waals surface area contributed by atoms with Crippen molar-refractivity contribution in [1.29, 1.82) is 0 Å². The summed E-state index contributed by atoms with van der Waals surface area (Å²) >= 11 is 0. The van der Waals surface area contributed by atoms with Crippen LogP contribution in [0.15, 0.2) is 297 Å². The minimum absolute atomic E-state index is 0.238. The summed E-state index contributed by atoms with van der Waals surface area (Å²) in [5, 5.41) is 12.3. The molecule has 0 amide bonds. The molecule has 78 heavy (non-hydrogen) atoms. The van der Waals surface area contributed by atoms with E-state index in [2.05, 4.69) is 306 Å². The third-order valence-corrected chi connectivity index (χ3v) is 16.3. The molecule has 0 radical (unpaired) electrons. The molecular formula is C76H52N2. The third kappa shape index (κ3) is 7.72. The first-order valence-electron chi connectivity index (χ1n) is 27.2. The molecule has 0 aliphatic heterocycles. The van der Waals surface area contributed by atoms with E-state index in [9.17, 15) is 0 Å². The summed E-state index contributed by atoms with van der Waals surface area (Å²) < 4.78 is 4.98. The Balaban J connectivity index is 1.03. The molecule has 0 fully saturated rings. The second kappa shape index (κ2) is 19.0. The molecule has 366 valence electrons. The molecule has 15 rings (SSSR count). The van der Waals surface area contributed by atoms with Crippen molar-refractivity contribution in [2.24, 2.45) is 0 Å². The molecule has 2 aromatic heterocycles. The lowest BCUT2D eigenvalue weighted by Gasteiger charge is -2.23. The first-order valence-corrected chi connectivity index (χ1v) is 27.2. The molecule has 0 saturated heterocycles. The standard InChI is InChI=1S/C76H52N2/c1-5-20-53(21-6-1)71-43-44-72(54-22-7-2-8-23-54)77(71)61-40-42-67-69(49-61)75(57-36-34-52(35-37-57)68-48-59-29-15-16-30-63(59)64-31-17-18-32-65(64)68)66-41-39-62(50-70(66)76(67)60-38-33-51-19-13-14-28-58(51)47-60)78-73(55-24-9-3-10-25-55)45-46-74(78)56-26-11-4-12-27-56/h1-26,28-50,56H,27H2. The zero-order valence-electron chi connectivity index (χ0n) is 43.0. The summed E-state index contributed by atoms with van der Waals surface area (Å²) in [6.07, 6.45) is 9.97. The van der Waals surface area contributed by atoms with Gasteiger partial charge in [-0.05, 0) is 171 Å². The van der Waals surface area contributed by atoms with Crippen LogP contribution in [0.25, 0.3) is 132 Å². The van der Waals surface area contributed by atoms with E-state index in [1.807, 2.05) is 0 Å². The summed E-state index contributed by atoms with van der Waals surface area (Å²) in [5.41, 5.74) is 17.7. The lowest BCUT2D eigenvalue weighted by Crippen LogP contribution is -2.07. The van der Waals surface area contributed by atoms with Crippen molar-refractivity contribution in [1.82, 2.24) is 9.13 Å². The Labute approximate surface area is 454 Å². The Morgan fingerprint density at radius 1 is 0.282 bits per heavy atom. The highest BCUT2D eigenvalue weighted by molar-refractivity contribution is 6.23. The van der Waals surface area contributed by atoms with Gasteiger partial charge in [-0.1, -0.05) is 237 Å². The van der Waals surface area contributed by atoms with Gasteiger partial charge in [0.2, 0.25) is 0 Å². The molecule has 0 N–H and O–H groups in total. The number of hydrogen-bond acceptors (Lipinski definition) is 0. The monoisotopic (exact) mass is 992 g/mol. The highest BCUT2D eigenvalue weighted by atomic mass is 15.0. The van der Waals surface area contributed by atoms with Crippen LogP contribution < -0.4 is 0 Å². The molecule has 1 atom stereocenters. The molecule has 1 aliphatic rings.